The van der Waals surface area contributed by atoms with Crippen LogP contribution >= 0.6 is 12.4 Å². The van der Waals surface area contributed by atoms with E-state index in [1.54, 1.807) is 0 Å². The minimum atomic E-state index is 0. The second kappa shape index (κ2) is 7.10. The zero-order valence-electron chi connectivity index (χ0n) is 12.1. The van der Waals surface area contributed by atoms with E-state index in [2.05, 4.69) is 5.32 Å². The average molecular weight is 303 g/mol. The molecule has 1 saturated heterocycles. The summed E-state index contributed by atoms with van der Waals surface area (Å²) < 4.78 is 5.33. The molecule has 3 N–H and O–H groups in total. The summed E-state index contributed by atoms with van der Waals surface area (Å²) in [5.74, 6) is 1.64. The van der Waals surface area contributed by atoms with E-state index in [1.807, 2.05) is 0 Å². The van der Waals surface area contributed by atoms with Crippen molar-refractivity contribution in [1.82, 2.24) is 5.32 Å². The molecule has 2 atom stereocenters. The molecule has 2 unspecified atom stereocenters. The fourth-order valence-electron chi connectivity index (χ4n) is 4.16. The quantitative estimate of drug-likeness (QED) is 0.818. The maximum Gasteiger partial charge on any atom is 0.223 e. The minimum Gasteiger partial charge on any atom is -0.381 e. The number of hydrogen-bond donors (Lipinski definition) is 2. The van der Waals surface area contributed by atoms with Gasteiger partial charge in [0.2, 0.25) is 5.91 Å². The van der Waals surface area contributed by atoms with Gasteiger partial charge in [0.15, 0.2) is 0 Å². The second-order valence-electron chi connectivity index (χ2n) is 6.59. The smallest absolute Gasteiger partial charge is 0.223 e. The van der Waals surface area contributed by atoms with Gasteiger partial charge in [-0.25, -0.2) is 0 Å². The third kappa shape index (κ3) is 3.46. The fraction of sp³-hybridized carbons (Fsp3) is 0.933. The third-order valence-corrected chi connectivity index (χ3v) is 5.35. The highest BCUT2D eigenvalue weighted by Crippen LogP contribution is 2.41. The molecule has 2 saturated carbocycles. The lowest BCUT2D eigenvalue weighted by molar-refractivity contribution is -0.129. The molecule has 5 heteroatoms. The molecule has 0 aromatic carbocycles. The summed E-state index contributed by atoms with van der Waals surface area (Å²) in [7, 11) is 0. The lowest BCUT2D eigenvalue weighted by Gasteiger charge is -2.43. The number of halogens is 1. The average Bonchev–Trinajstić information content (AvgIpc) is 2.39. The SMILES string of the molecule is Cl.NC1C2CCCC1CC(C(=O)NC1CCOCC1)C2. The molecule has 116 valence electrons. The summed E-state index contributed by atoms with van der Waals surface area (Å²) in [6, 6.07) is 0.678. The molecular weight excluding hydrogens is 276 g/mol. The molecule has 2 aliphatic carbocycles. The number of ether oxygens (including phenoxy) is 1. The first-order chi connectivity index (χ1) is 9.24. The summed E-state index contributed by atoms with van der Waals surface area (Å²) in [6.07, 6.45) is 7.68. The van der Waals surface area contributed by atoms with E-state index in [0.29, 0.717) is 23.9 Å². The molecule has 0 aromatic rings. The maximum atomic E-state index is 12.4. The second-order valence-corrected chi connectivity index (χ2v) is 6.59. The summed E-state index contributed by atoms with van der Waals surface area (Å²) in [5, 5.41) is 3.23. The Morgan fingerprint density at radius 3 is 2.25 bits per heavy atom. The number of carbonyl (C=O) groups excluding carboxylic acids is 1. The van der Waals surface area contributed by atoms with Crippen molar-refractivity contribution < 1.29 is 9.53 Å². The summed E-state index contributed by atoms with van der Waals surface area (Å²) in [4.78, 5) is 12.4. The standard InChI is InChI=1S/C15H26N2O2.ClH/c16-14-10-2-1-3-11(14)9-12(8-10)15(18)17-13-4-6-19-7-5-13;/h10-14H,1-9,16H2,(H,17,18);1H. The van der Waals surface area contributed by atoms with Crippen LogP contribution in [0.2, 0.25) is 0 Å². The molecule has 0 aromatic heterocycles. The summed E-state index contributed by atoms with van der Waals surface area (Å²) in [5.41, 5.74) is 6.28. The molecule has 3 aliphatic rings. The predicted molar refractivity (Wildman–Crippen MR) is 80.8 cm³/mol. The first-order valence-corrected chi connectivity index (χ1v) is 7.87. The van der Waals surface area contributed by atoms with E-state index < -0.39 is 0 Å². The van der Waals surface area contributed by atoms with Crippen LogP contribution in [0.1, 0.15) is 44.9 Å². The van der Waals surface area contributed by atoms with Gasteiger partial charge in [0.1, 0.15) is 0 Å². The van der Waals surface area contributed by atoms with Crippen molar-refractivity contribution >= 4 is 18.3 Å². The molecular formula is C15H27ClN2O2. The van der Waals surface area contributed by atoms with Crippen molar-refractivity contribution in [2.24, 2.45) is 23.5 Å². The predicted octanol–water partition coefficient (Wildman–Crippen LogP) is 1.86. The van der Waals surface area contributed by atoms with Crippen molar-refractivity contribution in [2.75, 3.05) is 13.2 Å². The monoisotopic (exact) mass is 302 g/mol. The van der Waals surface area contributed by atoms with Crippen LogP contribution in [0.15, 0.2) is 0 Å². The number of nitrogens with one attached hydrogen (secondary N) is 1. The summed E-state index contributed by atoms with van der Waals surface area (Å²) >= 11 is 0. The van der Waals surface area contributed by atoms with Gasteiger partial charge >= 0.3 is 0 Å². The van der Waals surface area contributed by atoms with E-state index >= 15 is 0 Å². The molecule has 20 heavy (non-hydrogen) atoms. The largest absolute Gasteiger partial charge is 0.381 e. The van der Waals surface area contributed by atoms with Crippen LogP contribution in [-0.2, 0) is 9.53 Å². The van der Waals surface area contributed by atoms with Gasteiger partial charge in [-0.05, 0) is 50.4 Å². The molecule has 1 aliphatic heterocycles. The highest BCUT2D eigenvalue weighted by molar-refractivity contribution is 5.85. The Kier molecular flexibility index (Phi) is 5.70. The molecule has 0 radical (unpaired) electrons. The van der Waals surface area contributed by atoms with Crippen molar-refractivity contribution in [2.45, 2.75) is 57.0 Å². The highest BCUT2D eigenvalue weighted by atomic mass is 35.5. The van der Waals surface area contributed by atoms with Gasteiger partial charge in [-0.3, -0.25) is 4.79 Å². The van der Waals surface area contributed by atoms with Crippen LogP contribution < -0.4 is 11.1 Å². The molecule has 3 fully saturated rings. The van der Waals surface area contributed by atoms with Crippen LogP contribution in [0.4, 0.5) is 0 Å². The Morgan fingerprint density at radius 1 is 1.05 bits per heavy atom. The van der Waals surface area contributed by atoms with Crippen LogP contribution in [0, 0.1) is 17.8 Å². The van der Waals surface area contributed by atoms with Gasteiger partial charge in [-0.1, -0.05) is 6.42 Å². The van der Waals surface area contributed by atoms with Crippen molar-refractivity contribution in [3.8, 4) is 0 Å². The lowest BCUT2D eigenvalue weighted by atomic mass is 9.65. The Hall–Kier alpha value is -0.320. The van der Waals surface area contributed by atoms with Gasteiger partial charge in [0, 0.05) is 31.2 Å². The van der Waals surface area contributed by atoms with Gasteiger partial charge in [-0.15, -0.1) is 12.4 Å². The molecule has 3 rings (SSSR count). The fourth-order valence-corrected chi connectivity index (χ4v) is 4.16. The number of amides is 1. The number of rotatable bonds is 2. The van der Waals surface area contributed by atoms with E-state index in [1.165, 1.54) is 19.3 Å². The lowest BCUT2D eigenvalue weighted by Crippen LogP contribution is -2.50. The molecule has 4 nitrogen and oxygen atoms in total. The topological polar surface area (TPSA) is 64.4 Å². The highest BCUT2D eigenvalue weighted by Gasteiger charge is 2.40. The number of nitrogens with two attached hydrogens (primary N) is 1. The van der Waals surface area contributed by atoms with Crippen LogP contribution in [0.25, 0.3) is 0 Å². The van der Waals surface area contributed by atoms with Gasteiger partial charge < -0.3 is 15.8 Å². The number of hydrogen-bond acceptors (Lipinski definition) is 3. The number of fused-ring (bicyclic) bond motifs is 2. The Bertz CT molecular complexity index is 320. The van der Waals surface area contributed by atoms with E-state index in [4.69, 9.17) is 10.5 Å². The van der Waals surface area contributed by atoms with Gasteiger partial charge in [0.05, 0.1) is 0 Å². The Balaban J connectivity index is 0.00000147. The normalized spacial score (nSPS) is 37.9. The van der Waals surface area contributed by atoms with Crippen molar-refractivity contribution in [3.05, 3.63) is 0 Å². The van der Waals surface area contributed by atoms with Crippen molar-refractivity contribution in [3.63, 3.8) is 0 Å². The van der Waals surface area contributed by atoms with Crippen LogP contribution in [0.5, 0.6) is 0 Å². The minimum absolute atomic E-state index is 0. The van der Waals surface area contributed by atoms with Gasteiger partial charge in [0.25, 0.3) is 0 Å². The summed E-state index contributed by atoms with van der Waals surface area (Å²) in [6.45, 7) is 1.57. The van der Waals surface area contributed by atoms with E-state index in [0.717, 1.165) is 38.9 Å². The molecule has 1 amide bonds. The Morgan fingerprint density at radius 2 is 1.65 bits per heavy atom. The number of carbonyl (C=O) groups is 1. The first-order valence-electron chi connectivity index (χ1n) is 7.87. The first kappa shape index (κ1) is 16.1. The Labute approximate surface area is 127 Å². The van der Waals surface area contributed by atoms with E-state index in [9.17, 15) is 4.79 Å². The van der Waals surface area contributed by atoms with Gasteiger partial charge in [-0.2, -0.15) is 0 Å². The maximum absolute atomic E-state index is 12.4. The van der Waals surface area contributed by atoms with Crippen LogP contribution in [-0.4, -0.2) is 31.2 Å². The molecule has 0 spiro atoms. The van der Waals surface area contributed by atoms with Crippen molar-refractivity contribution in [1.29, 1.82) is 0 Å². The third-order valence-electron chi connectivity index (χ3n) is 5.35. The van der Waals surface area contributed by atoms with E-state index in [-0.39, 0.29) is 24.2 Å². The molecule has 1 heterocycles. The molecule has 2 bridgehead atoms. The zero-order valence-corrected chi connectivity index (χ0v) is 12.9. The van der Waals surface area contributed by atoms with Crippen LogP contribution in [0.3, 0.4) is 0 Å². The zero-order chi connectivity index (χ0) is 13.2.